The van der Waals surface area contributed by atoms with Gasteiger partial charge in [0.1, 0.15) is 5.75 Å². The van der Waals surface area contributed by atoms with Gasteiger partial charge in [-0.25, -0.2) is 0 Å². The molecule has 0 fully saturated rings. The number of hydrogen-bond acceptors (Lipinski definition) is 2. The zero-order valence-electron chi connectivity index (χ0n) is 9.99. The van der Waals surface area contributed by atoms with Crippen molar-refractivity contribution < 1.29 is 14.6 Å². The molecule has 3 nitrogen and oxygen atoms in total. The zero-order chi connectivity index (χ0) is 12.1. The summed E-state index contributed by atoms with van der Waals surface area (Å²) in [6.07, 6.45) is 0.00904. The molecule has 1 aromatic rings. The smallest absolute Gasteiger partial charge is 0.307 e. The van der Waals surface area contributed by atoms with Gasteiger partial charge < -0.3 is 9.84 Å². The quantitative estimate of drug-likeness (QED) is 0.833. The first-order valence-electron chi connectivity index (χ1n) is 5.43. The Kier molecular flexibility index (Phi) is 4.35. The van der Waals surface area contributed by atoms with Crippen LogP contribution in [-0.2, 0) is 11.2 Å². The van der Waals surface area contributed by atoms with Crippen LogP contribution in [0.1, 0.15) is 25.0 Å². The molecule has 88 valence electrons. The second-order valence-electron chi connectivity index (χ2n) is 4.39. The van der Waals surface area contributed by atoms with Crippen molar-refractivity contribution in [3.05, 3.63) is 29.3 Å². The summed E-state index contributed by atoms with van der Waals surface area (Å²) in [5, 5.41) is 8.80. The molecule has 0 heterocycles. The van der Waals surface area contributed by atoms with Crippen LogP contribution >= 0.6 is 0 Å². The third-order valence-corrected chi connectivity index (χ3v) is 2.13. The molecule has 0 aliphatic heterocycles. The van der Waals surface area contributed by atoms with Gasteiger partial charge in [0.2, 0.25) is 0 Å². The maximum Gasteiger partial charge on any atom is 0.307 e. The van der Waals surface area contributed by atoms with Crippen molar-refractivity contribution in [1.29, 1.82) is 0 Å². The number of carboxylic acid groups (broad SMARTS) is 1. The van der Waals surface area contributed by atoms with Crippen molar-refractivity contribution in [3.8, 4) is 5.75 Å². The van der Waals surface area contributed by atoms with Crippen LogP contribution in [0.25, 0.3) is 0 Å². The van der Waals surface area contributed by atoms with E-state index in [4.69, 9.17) is 9.84 Å². The Morgan fingerprint density at radius 3 is 2.69 bits per heavy atom. The number of benzene rings is 1. The second kappa shape index (κ2) is 5.54. The standard InChI is InChI=1S/C13H18O3/c1-9(2)8-16-12-5-4-10(3)6-11(12)7-13(14)15/h4-6,9H,7-8H2,1-3H3,(H,14,15). The highest BCUT2D eigenvalue weighted by Crippen LogP contribution is 2.21. The molecule has 0 atom stereocenters. The van der Waals surface area contributed by atoms with Crippen LogP contribution in [0.15, 0.2) is 18.2 Å². The van der Waals surface area contributed by atoms with Crippen LogP contribution in [0.5, 0.6) is 5.75 Å². The number of carbonyl (C=O) groups is 1. The van der Waals surface area contributed by atoms with E-state index in [1.807, 2.05) is 25.1 Å². The van der Waals surface area contributed by atoms with Gasteiger partial charge in [0, 0.05) is 5.56 Å². The Hall–Kier alpha value is -1.51. The number of aliphatic carboxylic acids is 1. The molecule has 1 rings (SSSR count). The third-order valence-electron chi connectivity index (χ3n) is 2.13. The van der Waals surface area contributed by atoms with E-state index >= 15 is 0 Å². The highest BCUT2D eigenvalue weighted by molar-refractivity contribution is 5.71. The molecule has 0 amide bonds. The average molecular weight is 222 g/mol. The lowest BCUT2D eigenvalue weighted by Gasteiger charge is -2.12. The summed E-state index contributed by atoms with van der Waals surface area (Å²) in [6, 6.07) is 5.64. The predicted molar refractivity (Wildman–Crippen MR) is 62.9 cm³/mol. The van der Waals surface area contributed by atoms with Gasteiger partial charge in [0.15, 0.2) is 0 Å². The van der Waals surface area contributed by atoms with Crippen LogP contribution in [-0.4, -0.2) is 17.7 Å². The van der Waals surface area contributed by atoms with E-state index in [1.165, 1.54) is 0 Å². The Bertz CT molecular complexity index is 369. The molecule has 1 aromatic carbocycles. The number of rotatable bonds is 5. The van der Waals surface area contributed by atoms with Gasteiger partial charge in [0.25, 0.3) is 0 Å². The summed E-state index contributed by atoms with van der Waals surface area (Å²) in [6.45, 7) is 6.67. The maximum absolute atomic E-state index is 10.7. The fraction of sp³-hybridized carbons (Fsp3) is 0.462. The van der Waals surface area contributed by atoms with Crippen LogP contribution in [0, 0.1) is 12.8 Å². The summed E-state index contributed by atoms with van der Waals surface area (Å²) in [5.74, 6) is 0.278. The Balaban J connectivity index is 2.84. The molecule has 0 radical (unpaired) electrons. The first kappa shape index (κ1) is 12.6. The first-order chi connectivity index (χ1) is 7.49. The van der Waals surface area contributed by atoms with Gasteiger partial charge in [-0.2, -0.15) is 0 Å². The number of carboxylic acids is 1. The van der Waals surface area contributed by atoms with E-state index < -0.39 is 5.97 Å². The molecule has 0 saturated heterocycles. The van der Waals surface area contributed by atoms with E-state index in [2.05, 4.69) is 13.8 Å². The molecular formula is C13H18O3. The summed E-state index contributed by atoms with van der Waals surface area (Å²) in [7, 11) is 0. The molecule has 0 unspecified atom stereocenters. The number of hydrogen-bond donors (Lipinski definition) is 1. The minimum absolute atomic E-state index is 0.00904. The van der Waals surface area contributed by atoms with Crippen LogP contribution in [0.4, 0.5) is 0 Å². The van der Waals surface area contributed by atoms with Crippen LogP contribution < -0.4 is 4.74 Å². The highest BCUT2D eigenvalue weighted by atomic mass is 16.5. The first-order valence-corrected chi connectivity index (χ1v) is 5.43. The van der Waals surface area contributed by atoms with Crippen LogP contribution in [0.2, 0.25) is 0 Å². The van der Waals surface area contributed by atoms with Crippen molar-refractivity contribution in [2.75, 3.05) is 6.61 Å². The molecule has 1 N–H and O–H groups in total. The molecule has 0 aliphatic carbocycles. The monoisotopic (exact) mass is 222 g/mol. The summed E-state index contributed by atoms with van der Waals surface area (Å²) >= 11 is 0. The molecule has 3 heteroatoms. The van der Waals surface area contributed by atoms with Crippen molar-refractivity contribution in [1.82, 2.24) is 0 Å². The van der Waals surface area contributed by atoms with Gasteiger partial charge >= 0.3 is 5.97 Å². The van der Waals surface area contributed by atoms with E-state index in [0.717, 1.165) is 11.1 Å². The minimum Gasteiger partial charge on any atom is -0.493 e. The van der Waals surface area contributed by atoms with Crippen molar-refractivity contribution in [2.24, 2.45) is 5.92 Å². The topological polar surface area (TPSA) is 46.5 Å². The largest absolute Gasteiger partial charge is 0.493 e. The second-order valence-corrected chi connectivity index (χ2v) is 4.39. The third kappa shape index (κ3) is 3.93. The minimum atomic E-state index is -0.833. The van der Waals surface area contributed by atoms with E-state index in [0.29, 0.717) is 18.3 Å². The Morgan fingerprint density at radius 1 is 1.44 bits per heavy atom. The maximum atomic E-state index is 10.7. The number of aryl methyl sites for hydroxylation is 1. The lowest BCUT2D eigenvalue weighted by atomic mass is 10.1. The summed E-state index contributed by atoms with van der Waals surface area (Å²) in [5.41, 5.74) is 1.79. The van der Waals surface area contributed by atoms with Crippen molar-refractivity contribution >= 4 is 5.97 Å². The molecule has 0 bridgehead atoms. The normalized spacial score (nSPS) is 10.5. The van der Waals surface area contributed by atoms with Gasteiger partial charge in [-0.3, -0.25) is 4.79 Å². The van der Waals surface area contributed by atoms with Gasteiger partial charge in [0.05, 0.1) is 13.0 Å². The fourth-order valence-corrected chi connectivity index (χ4v) is 1.41. The summed E-state index contributed by atoms with van der Waals surface area (Å²) in [4.78, 5) is 10.7. The average Bonchev–Trinajstić information content (AvgIpc) is 2.15. The molecule has 16 heavy (non-hydrogen) atoms. The molecule has 0 saturated carbocycles. The molecular weight excluding hydrogens is 204 g/mol. The zero-order valence-corrected chi connectivity index (χ0v) is 9.99. The molecule has 0 aromatic heterocycles. The van der Waals surface area contributed by atoms with E-state index in [1.54, 1.807) is 0 Å². The van der Waals surface area contributed by atoms with Gasteiger partial charge in [-0.05, 0) is 18.9 Å². The lowest BCUT2D eigenvalue weighted by Crippen LogP contribution is -2.08. The summed E-state index contributed by atoms with van der Waals surface area (Å²) < 4.78 is 5.59. The van der Waals surface area contributed by atoms with Crippen LogP contribution in [0.3, 0.4) is 0 Å². The Labute approximate surface area is 96.1 Å². The van der Waals surface area contributed by atoms with Gasteiger partial charge in [-0.1, -0.05) is 31.5 Å². The SMILES string of the molecule is Cc1ccc(OCC(C)C)c(CC(=O)O)c1. The Morgan fingerprint density at radius 2 is 2.12 bits per heavy atom. The highest BCUT2D eigenvalue weighted by Gasteiger charge is 2.08. The van der Waals surface area contributed by atoms with Crippen molar-refractivity contribution in [3.63, 3.8) is 0 Å². The molecule has 0 spiro atoms. The van der Waals surface area contributed by atoms with E-state index in [9.17, 15) is 4.79 Å². The molecule has 0 aliphatic rings. The van der Waals surface area contributed by atoms with Crippen molar-refractivity contribution in [2.45, 2.75) is 27.2 Å². The number of ether oxygens (including phenoxy) is 1. The fourth-order valence-electron chi connectivity index (χ4n) is 1.41. The lowest BCUT2D eigenvalue weighted by molar-refractivity contribution is -0.136. The van der Waals surface area contributed by atoms with Gasteiger partial charge in [-0.15, -0.1) is 0 Å². The predicted octanol–water partition coefficient (Wildman–Crippen LogP) is 2.66. The van der Waals surface area contributed by atoms with E-state index in [-0.39, 0.29) is 6.42 Å².